The van der Waals surface area contributed by atoms with Gasteiger partial charge in [0.1, 0.15) is 12.0 Å². The first kappa shape index (κ1) is 36.5. The molecule has 1 amide bonds. The normalized spacial score (nSPS) is 12.6. The maximum atomic E-state index is 13.8. The van der Waals surface area contributed by atoms with Crippen molar-refractivity contribution in [1.82, 2.24) is 5.32 Å². The summed E-state index contributed by atoms with van der Waals surface area (Å²) >= 11 is 6.13. The number of hydrogen-bond acceptors (Lipinski definition) is 6. The molecular weight excluding hydrogens is 672 g/mol. The maximum Gasteiger partial charge on any atom is 0.266 e. The van der Waals surface area contributed by atoms with E-state index in [0.717, 1.165) is 69.7 Å². The maximum absolute atomic E-state index is 13.8. The van der Waals surface area contributed by atoms with E-state index in [2.05, 4.69) is 34.9 Å². The van der Waals surface area contributed by atoms with Crippen LogP contribution in [0.3, 0.4) is 0 Å². The highest BCUT2D eigenvalue weighted by molar-refractivity contribution is 7.85. The average Bonchev–Trinajstić information content (AvgIpc) is 3.59. The van der Waals surface area contributed by atoms with E-state index in [9.17, 15) is 18.0 Å². The van der Waals surface area contributed by atoms with Gasteiger partial charge in [-0.1, -0.05) is 84.4 Å². The summed E-state index contributed by atoms with van der Waals surface area (Å²) in [6, 6.07) is 35.6. The van der Waals surface area contributed by atoms with Crippen LogP contribution in [-0.2, 0) is 27.8 Å². The van der Waals surface area contributed by atoms with Gasteiger partial charge in [0.25, 0.3) is 10.1 Å². The van der Waals surface area contributed by atoms with E-state index in [1.165, 1.54) is 5.56 Å². The van der Waals surface area contributed by atoms with E-state index < -0.39 is 16.0 Å². The van der Waals surface area contributed by atoms with Crippen LogP contribution < -0.4 is 15.4 Å². The molecule has 0 spiro atoms. The lowest BCUT2D eigenvalue weighted by atomic mass is 9.89. The first-order chi connectivity index (χ1) is 24.0. The number of rotatable bonds is 11. The Bertz CT molecular complexity index is 2050. The Morgan fingerprint density at radius 1 is 0.900 bits per heavy atom. The Balaban J connectivity index is 0.000000544. The van der Waals surface area contributed by atoms with Crippen LogP contribution in [0.25, 0.3) is 22.3 Å². The predicted molar refractivity (Wildman–Crippen MR) is 200 cm³/mol. The minimum Gasteiger partial charge on any atom is -0.493 e. The van der Waals surface area contributed by atoms with Gasteiger partial charge in [-0.2, -0.15) is 8.42 Å². The number of ether oxygens (including phenoxy) is 1. The molecule has 8 nitrogen and oxygen atoms in total. The first-order valence-corrected chi connectivity index (χ1v) is 18.2. The van der Waals surface area contributed by atoms with Crippen molar-refractivity contribution in [2.45, 2.75) is 25.7 Å². The van der Waals surface area contributed by atoms with Crippen LogP contribution in [0.4, 0.5) is 5.69 Å². The van der Waals surface area contributed by atoms with Crippen molar-refractivity contribution in [1.29, 1.82) is 0 Å². The minimum atomic E-state index is -3.75. The number of halogens is 1. The monoisotopic (exact) mass is 710 g/mol. The van der Waals surface area contributed by atoms with Gasteiger partial charge in [0, 0.05) is 29.2 Å². The van der Waals surface area contributed by atoms with E-state index in [4.69, 9.17) is 20.9 Å². The molecule has 0 aromatic heterocycles. The summed E-state index contributed by atoms with van der Waals surface area (Å²) in [7, 11) is -2.13. The molecule has 3 N–H and O–H groups in total. The van der Waals surface area contributed by atoms with Gasteiger partial charge in [-0.3, -0.25) is 14.1 Å². The van der Waals surface area contributed by atoms with Gasteiger partial charge in [0.2, 0.25) is 5.91 Å². The number of fused-ring (bicyclic) bond motifs is 1. The van der Waals surface area contributed by atoms with Gasteiger partial charge in [-0.05, 0) is 101 Å². The molecule has 50 heavy (non-hydrogen) atoms. The predicted octanol–water partition coefficient (Wildman–Crippen LogP) is 7.79. The van der Waals surface area contributed by atoms with Crippen LogP contribution in [0, 0.1) is 6.92 Å². The number of anilines is 1. The molecule has 5 aromatic carbocycles. The lowest BCUT2D eigenvalue weighted by Crippen LogP contribution is -2.23. The Labute approximate surface area is 298 Å². The average molecular weight is 711 g/mol. The second-order valence-electron chi connectivity index (χ2n) is 12.1. The Kier molecular flexibility index (Phi) is 12.2. The fourth-order valence-electron chi connectivity index (χ4n) is 5.75. The van der Waals surface area contributed by atoms with Gasteiger partial charge in [-0.25, -0.2) is 0 Å². The van der Waals surface area contributed by atoms with E-state index in [1.54, 1.807) is 19.2 Å². The Morgan fingerprint density at radius 3 is 2.20 bits per heavy atom. The SMILES string of the molecule is CNCCS(=O)(=O)O.Cc1cc(Cl)ccc1-c1ccc(NC(=O)C(Cc2ccc(C=O)cc2)c2ccc(-c3ccc4c(c3)CCO4)cc2)cc1. The third-order valence-electron chi connectivity index (χ3n) is 8.47. The molecule has 0 fully saturated rings. The molecule has 6 rings (SSSR count). The summed E-state index contributed by atoms with van der Waals surface area (Å²) < 4.78 is 33.5. The highest BCUT2D eigenvalue weighted by Gasteiger charge is 2.22. The number of aryl methyl sites for hydroxylation is 1. The van der Waals surface area contributed by atoms with Crippen molar-refractivity contribution >= 4 is 39.6 Å². The molecule has 0 radical (unpaired) electrons. The van der Waals surface area contributed by atoms with Crippen LogP contribution in [0.15, 0.2) is 109 Å². The number of carbonyl (C=O) groups is 2. The Morgan fingerprint density at radius 2 is 1.58 bits per heavy atom. The largest absolute Gasteiger partial charge is 0.493 e. The lowest BCUT2D eigenvalue weighted by Gasteiger charge is -2.19. The smallest absolute Gasteiger partial charge is 0.266 e. The minimum absolute atomic E-state index is 0.0904. The zero-order chi connectivity index (χ0) is 35.7. The molecule has 0 saturated carbocycles. The highest BCUT2D eigenvalue weighted by atomic mass is 35.5. The quantitative estimate of drug-likeness (QED) is 0.0945. The lowest BCUT2D eigenvalue weighted by molar-refractivity contribution is -0.117. The fourth-order valence-corrected chi connectivity index (χ4v) is 6.44. The second kappa shape index (κ2) is 16.7. The van der Waals surface area contributed by atoms with Crippen molar-refractivity contribution in [2.24, 2.45) is 0 Å². The van der Waals surface area contributed by atoms with Gasteiger partial charge < -0.3 is 15.4 Å². The second-order valence-corrected chi connectivity index (χ2v) is 14.1. The van der Waals surface area contributed by atoms with E-state index >= 15 is 0 Å². The topological polar surface area (TPSA) is 122 Å². The molecule has 10 heteroatoms. The van der Waals surface area contributed by atoms with Crippen molar-refractivity contribution in [3.05, 3.63) is 142 Å². The summed E-state index contributed by atoms with van der Waals surface area (Å²) in [5.41, 5.74) is 9.96. The van der Waals surface area contributed by atoms with Gasteiger partial charge in [-0.15, -0.1) is 0 Å². The van der Waals surface area contributed by atoms with Gasteiger partial charge in [0.05, 0.1) is 18.3 Å². The molecule has 5 aromatic rings. The van der Waals surface area contributed by atoms with Crippen molar-refractivity contribution in [3.63, 3.8) is 0 Å². The van der Waals surface area contributed by atoms with Crippen LogP contribution in [0.2, 0.25) is 5.02 Å². The summed E-state index contributed by atoms with van der Waals surface area (Å²) in [5, 5.41) is 6.43. The molecule has 0 aliphatic carbocycles. The molecule has 1 unspecified atom stereocenters. The van der Waals surface area contributed by atoms with E-state index in [-0.39, 0.29) is 11.7 Å². The number of benzene rings is 5. The van der Waals surface area contributed by atoms with Crippen LogP contribution in [-0.4, -0.2) is 51.1 Å². The summed E-state index contributed by atoms with van der Waals surface area (Å²) in [6.07, 6.45) is 2.25. The molecule has 0 saturated heterocycles. The van der Waals surface area contributed by atoms with Crippen LogP contribution in [0.1, 0.15) is 38.5 Å². The first-order valence-electron chi connectivity index (χ1n) is 16.2. The molecule has 258 valence electrons. The molecular formula is C40H39ClN2O6S. The number of carbonyl (C=O) groups excluding carboxylic acids is 2. The third kappa shape index (κ3) is 9.89. The van der Waals surface area contributed by atoms with Crippen LogP contribution >= 0.6 is 11.6 Å². The molecule has 1 atom stereocenters. The van der Waals surface area contributed by atoms with Crippen molar-refractivity contribution in [3.8, 4) is 28.0 Å². The van der Waals surface area contributed by atoms with Gasteiger partial charge in [0.15, 0.2) is 0 Å². The number of hydrogen-bond donors (Lipinski definition) is 3. The van der Waals surface area contributed by atoms with Crippen molar-refractivity contribution in [2.75, 3.05) is 31.3 Å². The van der Waals surface area contributed by atoms with Crippen molar-refractivity contribution < 1.29 is 27.3 Å². The summed E-state index contributed by atoms with van der Waals surface area (Å²) in [6.45, 7) is 3.05. The standard InChI is InChI=1S/C37H30ClNO3.C3H9NO3S/c1-24-20-32(38)13-16-34(24)28-10-14-33(15-11-28)39-37(41)35(21-25-2-4-26(23-40)5-3-25)29-8-6-27(7-9-29)30-12-17-36-31(22-30)18-19-42-36;1-4-2-3-8(5,6)7/h2-17,20,22-23,35H,18-19,21H2,1H3,(H,39,41);4H,2-3H2,1H3,(H,5,6,7). The highest BCUT2D eigenvalue weighted by Crippen LogP contribution is 2.32. The fraction of sp³-hybridized carbons (Fsp3) is 0.200. The molecule has 1 aliphatic heterocycles. The molecule has 1 aliphatic rings. The van der Waals surface area contributed by atoms with Crippen LogP contribution in [0.5, 0.6) is 5.75 Å². The number of nitrogens with one attached hydrogen (secondary N) is 2. The zero-order valence-electron chi connectivity index (χ0n) is 27.9. The third-order valence-corrected chi connectivity index (χ3v) is 9.42. The zero-order valence-corrected chi connectivity index (χ0v) is 29.4. The number of aldehydes is 1. The number of amides is 1. The van der Waals surface area contributed by atoms with Gasteiger partial charge >= 0.3 is 0 Å². The Hall–Kier alpha value is -4.80. The summed E-state index contributed by atoms with van der Waals surface area (Å²) in [4.78, 5) is 24.9. The summed E-state index contributed by atoms with van der Waals surface area (Å²) in [5.74, 6) is 0.229. The van der Waals surface area contributed by atoms with E-state index in [1.807, 2.05) is 79.7 Å². The molecule has 0 bridgehead atoms. The molecule has 1 heterocycles. The van der Waals surface area contributed by atoms with E-state index in [0.29, 0.717) is 23.6 Å².